The normalized spacial score (nSPS) is 16.1. The van der Waals surface area contributed by atoms with Crippen LogP contribution in [0.3, 0.4) is 0 Å². The van der Waals surface area contributed by atoms with Crippen LogP contribution in [0, 0.1) is 6.92 Å². The van der Waals surface area contributed by atoms with Gasteiger partial charge in [-0.1, -0.05) is 36.4 Å². The number of rotatable bonds is 4. The van der Waals surface area contributed by atoms with Crippen LogP contribution in [-0.2, 0) is 0 Å². The summed E-state index contributed by atoms with van der Waals surface area (Å²) >= 11 is 0. The molecule has 3 nitrogen and oxygen atoms in total. The predicted molar refractivity (Wildman–Crippen MR) is 78.1 cm³/mol. The number of anilines is 1. The first kappa shape index (κ1) is 12.2. The summed E-state index contributed by atoms with van der Waals surface area (Å²) in [6, 6.07) is 14.8. The number of hydrogen-bond donors (Lipinski definition) is 2. The average molecular weight is 253 g/mol. The molecule has 0 amide bonds. The molecule has 98 valence electrons. The van der Waals surface area contributed by atoms with Crippen LogP contribution in [0.1, 0.15) is 35.7 Å². The Hall–Kier alpha value is -1.87. The molecule has 0 spiro atoms. The summed E-state index contributed by atoms with van der Waals surface area (Å²) in [4.78, 5) is 4.61. The lowest BCUT2D eigenvalue weighted by atomic mass is 9.99. The molecular weight excluding hydrogens is 234 g/mol. The van der Waals surface area contributed by atoms with Gasteiger partial charge < -0.3 is 11.1 Å². The minimum absolute atomic E-state index is 0.108. The van der Waals surface area contributed by atoms with Crippen molar-refractivity contribution in [3.05, 3.63) is 59.3 Å². The van der Waals surface area contributed by atoms with Crippen molar-refractivity contribution in [2.45, 2.75) is 31.8 Å². The molecule has 0 unspecified atom stereocenters. The van der Waals surface area contributed by atoms with Crippen LogP contribution in [0.25, 0.3) is 0 Å². The number of aromatic nitrogens is 1. The second kappa shape index (κ2) is 5.02. The van der Waals surface area contributed by atoms with Crippen LogP contribution in [-0.4, -0.2) is 11.0 Å². The van der Waals surface area contributed by atoms with Gasteiger partial charge in [0.25, 0.3) is 0 Å². The van der Waals surface area contributed by atoms with Crippen LogP contribution < -0.4 is 11.1 Å². The summed E-state index contributed by atoms with van der Waals surface area (Å²) in [7, 11) is 0. The van der Waals surface area contributed by atoms with Gasteiger partial charge in [0.15, 0.2) is 0 Å². The summed E-state index contributed by atoms with van der Waals surface area (Å²) in [5, 5.41) is 3.41. The molecule has 1 aliphatic carbocycles. The van der Waals surface area contributed by atoms with Gasteiger partial charge in [-0.3, -0.25) is 0 Å². The van der Waals surface area contributed by atoms with Crippen LogP contribution in [0.4, 0.5) is 5.82 Å². The number of aryl methyl sites for hydroxylation is 1. The van der Waals surface area contributed by atoms with Crippen LogP contribution >= 0.6 is 0 Å². The van der Waals surface area contributed by atoms with E-state index in [0.29, 0.717) is 6.04 Å². The fourth-order valence-electron chi connectivity index (χ4n) is 2.26. The summed E-state index contributed by atoms with van der Waals surface area (Å²) in [5.41, 5.74) is 9.53. The molecule has 1 aliphatic rings. The second-order valence-corrected chi connectivity index (χ2v) is 5.18. The third-order valence-electron chi connectivity index (χ3n) is 3.55. The first-order valence-electron chi connectivity index (χ1n) is 6.78. The maximum atomic E-state index is 6.32. The Balaban J connectivity index is 1.84. The Morgan fingerprint density at radius 3 is 2.53 bits per heavy atom. The van der Waals surface area contributed by atoms with Crippen LogP contribution in [0.5, 0.6) is 0 Å². The van der Waals surface area contributed by atoms with Gasteiger partial charge in [0.05, 0.1) is 6.04 Å². The van der Waals surface area contributed by atoms with Gasteiger partial charge in [-0.2, -0.15) is 0 Å². The molecular formula is C16H19N3. The van der Waals surface area contributed by atoms with Gasteiger partial charge in [0.1, 0.15) is 5.82 Å². The number of benzene rings is 1. The highest BCUT2D eigenvalue weighted by Crippen LogP contribution is 2.26. The molecule has 0 aliphatic heterocycles. The zero-order valence-corrected chi connectivity index (χ0v) is 11.1. The van der Waals surface area contributed by atoms with Crippen molar-refractivity contribution in [1.82, 2.24) is 4.98 Å². The largest absolute Gasteiger partial charge is 0.367 e. The van der Waals surface area contributed by atoms with E-state index in [1.54, 1.807) is 0 Å². The van der Waals surface area contributed by atoms with E-state index in [4.69, 9.17) is 5.73 Å². The van der Waals surface area contributed by atoms with Crippen molar-refractivity contribution in [1.29, 1.82) is 0 Å². The standard InChI is InChI=1S/C16H19N3/c1-11-14(16(17)12-5-3-2-4-6-12)9-10-15(18-11)19-13-7-8-13/h2-6,9-10,13,16H,7-8,17H2,1H3,(H,18,19)/t16-/m1/s1. The lowest BCUT2D eigenvalue weighted by Gasteiger charge is -2.15. The number of nitrogens with one attached hydrogen (secondary N) is 1. The van der Waals surface area contributed by atoms with E-state index in [9.17, 15) is 0 Å². The van der Waals surface area contributed by atoms with Crippen molar-refractivity contribution >= 4 is 5.82 Å². The molecule has 3 N–H and O–H groups in total. The molecule has 3 heteroatoms. The number of nitrogens with zero attached hydrogens (tertiary/aromatic N) is 1. The molecule has 0 saturated heterocycles. The zero-order valence-electron chi connectivity index (χ0n) is 11.1. The maximum Gasteiger partial charge on any atom is 0.126 e. The lowest BCUT2D eigenvalue weighted by molar-refractivity contribution is 0.848. The Labute approximate surface area is 113 Å². The molecule has 1 aromatic heterocycles. The Kier molecular flexibility index (Phi) is 3.22. The molecule has 0 bridgehead atoms. The molecule has 2 aromatic rings. The summed E-state index contributed by atoms with van der Waals surface area (Å²) < 4.78 is 0. The van der Waals surface area contributed by atoms with Gasteiger partial charge in [0, 0.05) is 11.7 Å². The highest BCUT2D eigenvalue weighted by molar-refractivity contribution is 5.43. The number of nitrogens with two attached hydrogens (primary N) is 1. The monoisotopic (exact) mass is 253 g/mol. The molecule has 19 heavy (non-hydrogen) atoms. The van der Waals surface area contributed by atoms with E-state index in [2.05, 4.69) is 28.5 Å². The highest BCUT2D eigenvalue weighted by atomic mass is 15.0. The highest BCUT2D eigenvalue weighted by Gasteiger charge is 2.21. The quantitative estimate of drug-likeness (QED) is 0.880. The zero-order chi connectivity index (χ0) is 13.2. The first-order valence-corrected chi connectivity index (χ1v) is 6.78. The van der Waals surface area contributed by atoms with E-state index in [1.807, 2.05) is 31.2 Å². The van der Waals surface area contributed by atoms with Crippen LogP contribution in [0.15, 0.2) is 42.5 Å². The smallest absolute Gasteiger partial charge is 0.126 e. The van der Waals surface area contributed by atoms with Gasteiger partial charge >= 0.3 is 0 Å². The van der Waals surface area contributed by atoms with Gasteiger partial charge in [-0.25, -0.2) is 4.98 Å². The van der Waals surface area contributed by atoms with Crippen molar-refractivity contribution in [3.63, 3.8) is 0 Å². The van der Waals surface area contributed by atoms with Crippen molar-refractivity contribution in [2.24, 2.45) is 5.73 Å². The molecule has 1 atom stereocenters. The minimum atomic E-state index is -0.108. The fourth-order valence-corrected chi connectivity index (χ4v) is 2.26. The van der Waals surface area contributed by atoms with Crippen molar-refractivity contribution in [3.8, 4) is 0 Å². The third kappa shape index (κ3) is 2.76. The molecule has 0 radical (unpaired) electrons. The van der Waals surface area contributed by atoms with Crippen molar-refractivity contribution in [2.75, 3.05) is 5.32 Å². The van der Waals surface area contributed by atoms with Gasteiger partial charge in [-0.15, -0.1) is 0 Å². The van der Waals surface area contributed by atoms with E-state index >= 15 is 0 Å². The average Bonchev–Trinajstić information content (AvgIpc) is 3.23. The summed E-state index contributed by atoms with van der Waals surface area (Å²) in [6.07, 6.45) is 2.51. The van der Waals surface area contributed by atoms with E-state index in [0.717, 1.165) is 22.6 Å². The van der Waals surface area contributed by atoms with Gasteiger partial charge in [0.2, 0.25) is 0 Å². The topological polar surface area (TPSA) is 50.9 Å². The molecule has 1 fully saturated rings. The molecule has 3 rings (SSSR count). The Morgan fingerprint density at radius 2 is 1.89 bits per heavy atom. The predicted octanol–water partition coefficient (Wildman–Crippen LogP) is 3.01. The number of hydrogen-bond acceptors (Lipinski definition) is 3. The SMILES string of the molecule is Cc1nc(NC2CC2)ccc1[C@H](N)c1ccccc1. The maximum absolute atomic E-state index is 6.32. The Bertz CT molecular complexity index is 561. The lowest BCUT2D eigenvalue weighted by Crippen LogP contribution is -2.14. The van der Waals surface area contributed by atoms with Crippen LogP contribution in [0.2, 0.25) is 0 Å². The Morgan fingerprint density at radius 1 is 1.16 bits per heavy atom. The molecule has 1 aromatic carbocycles. The first-order chi connectivity index (χ1) is 9.24. The molecule has 1 heterocycles. The summed E-state index contributed by atoms with van der Waals surface area (Å²) in [5.74, 6) is 0.962. The number of pyridine rings is 1. The van der Waals surface area contributed by atoms with Gasteiger partial charge in [-0.05, 0) is 37.0 Å². The van der Waals surface area contributed by atoms with E-state index in [-0.39, 0.29) is 6.04 Å². The molecule has 1 saturated carbocycles. The second-order valence-electron chi connectivity index (χ2n) is 5.18. The third-order valence-corrected chi connectivity index (χ3v) is 3.55. The fraction of sp³-hybridized carbons (Fsp3) is 0.312. The van der Waals surface area contributed by atoms with E-state index in [1.165, 1.54) is 12.8 Å². The minimum Gasteiger partial charge on any atom is -0.367 e. The summed E-state index contributed by atoms with van der Waals surface area (Å²) in [6.45, 7) is 2.02. The van der Waals surface area contributed by atoms with Crippen molar-refractivity contribution < 1.29 is 0 Å². The van der Waals surface area contributed by atoms with E-state index < -0.39 is 0 Å².